The van der Waals surface area contributed by atoms with Gasteiger partial charge in [0.15, 0.2) is 0 Å². The Bertz CT molecular complexity index is 555. The zero-order valence-electron chi connectivity index (χ0n) is 9.54. The monoisotopic (exact) mass is 244 g/mol. The number of nitrogens with zero attached hydrogens (tertiary/aromatic N) is 1. The molecule has 0 amide bonds. The lowest BCUT2D eigenvalue weighted by Gasteiger charge is -2.09. The van der Waals surface area contributed by atoms with Gasteiger partial charge in [0, 0.05) is 18.1 Å². The van der Waals surface area contributed by atoms with Crippen LogP contribution >= 0.6 is 0 Å². The van der Waals surface area contributed by atoms with Gasteiger partial charge in [-0.2, -0.15) is 0 Å². The van der Waals surface area contributed by atoms with E-state index in [1.54, 1.807) is 36.7 Å². The summed E-state index contributed by atoms with van der Waals surface area (Å²) in [4.78, 5) is 14.9. The number of carboxylic acid groups (broad SMARTS) is 1. The van der Waals surface area contributed by atoms with Crippen LogP contribution in [0.25, 0.3) is 0 Å². The highest BCUT2D eigenvalue weighted by molar-refractivity contribution is 5.92. The standard InChI is InChI=1S/C13H12N2O3/c14-10-1-2-12(11(7-10)13(16)17)18-8-9-3-5-15-6-4-9/h1-7H,8,14H2,(H,16,17). The molecule has 0 aliphatic carbocycles. The first-order valence-corrected chi connectivity index (χ1v) is 5.31. The van der Waals surface area contributed by atoms with Gasteiger partial charge in [-0.3, -0.25) is 4.98 Å². The molecule has 0 bridgehead atoms. The van der Waals surface area contributed by atoms with Crippen molar-refractivity contribution < 1.29 is 14.6 Å². The van der Waals surface area contributed by atoms with Crippen LogP contribution in [0.15, 0.2) is 42.7 Å². The van der Waals surface area contributed by atoms with E-state index >= 15 is 0 Å². The first kappa shape index (κ1) is 11.9. The normalized spacial score (nSPS) is 10.0. The van der Waals surface area contributed by atoms with Gasteiger partial charge in [-0.05, 0) is 35.9 Å². The zero-order chi connectivity index (χ0) is 13.0. The van der Waals surface area contributed by atoms with Gasteiger partial charge in [0.1, 0.15) is 17.9 Å². The summed E-state index contributed by atoms with van der Waals surface area (Å²) in [7, 11) is 0. The number of nitrogen functional groups attached to an aromatic ring is 1. The molecule has 0 aliphatic rings. The third-order valence-corrected chi connectivity index (χ3v) is 2.38. The van der Waals surface area contributed by atoms with Crippen molar-refractivity contribution in [1.82, 2.24) is 4.98 Å². The smallest absolute Gasteiger partial charge is 0.339 e. The van der Waals surface area contributed by atoms with E-state index < -0.39 is 5.97 Å². The lowest BCUT2D eigenvalue weighted by Crippen LogP contribution is -2.04. The third kappa shape index (κ3) is 2.76. The molecular weight excluding hydrogens is 232 g/mol. The van der Waals surface area contributed by atoms with Crippen molar-refractivity contribution in [1.29, 1.82) is 0 Å². The lowest BCUT2D eigenvalue weighted by molar-refractivity contribution is 0.0692. The number of hydrogen-bond acceptors (Lipinski definition) is 4. The van der Waals surface area contributed by atoms with Crippen molar-refractivity contribution in [2.75, 3.05) is 5.73 Å². The molecule has 0 atom stereocenters. The average Bonchev–Trinajstić information content (AvgIpc) is 2.38. The third-order valence-electron chi connectivity index (χ3n) is 2.38. The molecule has 5 nitrogen and oxygen atoms in total. The molecule has 1 aromatic heterocycles. The highest BCUT2D eigenvalue weighted by Crippen LogP contribution is 2.22. The molecule has 1 aromatic carbocycles. The van der Waals surface area contributed by atoms with E-state index in [4.69, 9.17) is 15.6 Å². The molecule has 0 aliphatic heterocycles. The van der Waals surface area contributed by atoms with Crippen molar-refractivity contribution in [2.24, 2.45) is 0 Å². The predicted molar refractivity (Wildman–Crippen MR) is 66.4 cm³/mol. The van der Waals surface area contributed by atoms with Gasteiger partial charge in [-0.1, -0.05) is 0 Å². The highest BCUT2D eigenvalue weighted by Gasteiger charge is 2.11. The Labute approximate surface area is 104 Å². The maximum Gasteiger partial charge on any atom is 0.339 e. The molecule has 0 spiro atoms. The van der Waals surface area contributed by atoms with E-state index in [1.165, 1.54) is 6.07 Å². The van der Waals surface area contributed by atoms with E-state index in [1.807, 2.05) is 0 Å². The number of carboxylic acids is 1. The van der Waals surface area contributed by atoms with Crippen LogP contribution < -0.4 is 10.5 Å². The molecule has 0 radical (unpaired) electrons. The maximum absolute atomic E-state index is 11.0. The van der Waals surface area contributed by atoms with E-state index in [-0.39, 0.29) is 12.2 Å². The Hall–Kier alpha value is -2.56. The number of hydrogen-bond donors (Lipinski definition) is 2. The molecule has 0 unspecified atom stereocenters. The Morgan fingerprint density at radius 1 is 1.28 bits per heavy atom. The number of rotatable bonds is 4. The summed E-state index contributed by atoms with van der Waals surface area (Å²) < 4.78 is 5.48. The number of aromatic carboxylic acids is 1. The summed E-state index contributed by atoms with van der Waals surface area (Å²) in [5, 5.41) is 9.04. The largest absolute Gasteiger partial charge is 0.488 e. The number of pyridine rings is 1. The van der Waals surface area contributed by atoms with Crippen molar-refractivity contribution >= 4 is 11.7 Å². The van der Waals surface area contributed by atoms with Gasteiger partial charge >= 0.3 is 5.97 Å². The fraction of sp³-hybridized carbons (Fsp3) is 0.0769. The number of benzene rings is 1. The molecule has 18 heavy (non-hydrogen) atoms. The van der Waals surface area contributed by atoms with Gasteiger partial charge in [0.25, 0.3) is 0 Å². The van der Waals surface area contributed by atoms with E-state index in [9.17, 15) is 4.79 Å². The van der Waals surface area contributed by atoms with E-state index in [2.05, 4.69) is 4.98 Å². The van der Waals surface area contributed by atoms with Gasteiger partial charge < -0.3 is 15.6 Å². The van der Waals surface area contributed by atoms with E-state index in [0.717, 1.165) is 5.56 Å². The molecule has 3 N–H and O–H groups in total. The van der Waals surface area contributed by atoms with Crippen molar-refractivity contribution in [3.63, 3.8) is 0 Å². The van der Waals surface area contributed by atoms with Crippen LogP contribution in [0.5, 0.6) is 5.75 Å². The van der Waals surface area contributed by atoms with Crippen LogP contribution in [0.4, 0.5) is 5.69 Å². The molecule has 2 rings (SSSR count). The molecule has 2 aromatic rings. The summed E-state index contributed by atoms with van der Waals surface area (Å²) in [6.45, 7) is 0.284. The quantitative estimate of drug-likeness (QED) is 0.803. The summed E-state index contributed by atoms with van der Waals surface area (Å²) in [5.74, 6) is -0.763. The number of nitrogens with two attached hydrogens (primary N) is 1. The van der Waals surface area contributed by atoms with Gasteiger partial charge in [-0.25, -0.2) is 4.79 Å². The summed E-state index contributed by atoms with van der Waals surface area (Å²) in [6.07, 6.45) is 3.31. The minimum absolute atomic E-state index is 0.0593. The number of aromatic nitrogens is 1. The topological polar surface area (TPSA) is 85.4 Å². The Morgan fingerprint density at radius 2 is 2.00 bits per heavy atom. The number of anilines is 1. The van der Waals surface area contributed by atoms with Crippen molar-refractivity contribution in [3.05, 3.63) is 53.9 Å². The second kappa shape index (κ2) is 5.18. The summed E-state index contributed by atoms with van der Waals surface area (Å²) in [5.41, 5.74) is 6.91. The Kier molecular flexibility index (Phi) is 3.43. The van der Waals surface area contributed by atoms with Crippen LogP contribution in [0, 0.1) is 0 Å². The minimum Gasteiger partial charge on any atom is -0.488 e. The maximum atomic E-state index is 11.0. The molecule has 0 saturated carbocycles. The fourth-order valence-corrected chi connectivity index (χ4v) is 1.48. The zero-order valence-corrected chi connectivity index (χ0v) is 9.54. The van der Waals surface area contributed by atoms with Crippen LogP contribution in [-0.4, -0.2) is 16.1 Å². The molecular formula is C13H12N2O3. The summed E-state index contributed by atoms with van der Waals surface area (Å²) >= 11 is 0. The van der Waals surface area contributed by atoms with Crippen LogP contribution in [0.1, 0.15) is 15.9 Å². The molecule has 5 heteroatoms. The van der Waals surface area contributed by atoms with Gasteiger partial charge in [0.2, 0.25) is 0 Å². The van der Waals surface area contributed by atoms with Crippen LogP contribution in [0.2, 0.25) is 0 Å². The first-order chi connectivity index (χ1) is 8.66. The molecule has 1 heterocycles. The minimum atomic E-state index is -1.06. The predicted octanol–water partition coefficient (Wildman–Crippen LogP) is 1.94. The van der Waals surface area contributed by atoms with E-state index in [0.29, 0.717) is 11.4 Å². The Balaban J connectivity index is 2.17. The van der Waals surface area contributed by atoms with Gasteiger partial charge in [0.05, 0.1) is 0 Å². The lowest BCUT2D eigenvalue weighted by atomic mass is 10.2. The summed E-state index contributed by atoms with van der Waals surface area (Å²) in [6, 6.07) is 8.15. The Morgan fingerprint density at radius 3 is 2.67 bits per heavy atom. The van der Waals surface area contributed by atoms with Crippen molar-refractivity contribution in [2.45, 2.75) is 6.61 Å². The molecule has 92 valence electrons. The molecule has 0 fully saturated rings. The number of ether oxygens (including phenoxy) is 1. The first-order valence-electron chi connectivity index (χ1n) is 5.31. The second-order valence-electron chi connectivity index (χ2n) is 3.70. The fourth-order valence-electron chi connectivity index (χ4n) is 1.48. The van der Waals surface area contributed by atoms with Crippen molar-refractivity contribution in [3.8, 4) is 5.75 Å². The second-order valence-corrected chi connectivity index (χ2v) is 3.70. The molecule has 0 saturated heterocycles. The van der Waals surface area contributed by atoms with Crippen LogP contribution in [0.3, 0.4) is 0 Å². The highest BCUT2D eigenvalue weighted by atomic mass is 16.5. The van der Waals surface area contributed by atoms with Crippen LogP contribution in [-0.2, 0) is 6.61 Å². The van der Waals surface area contributed by atoms with Gasteiger partial charge in [-0.15, -0.1) is 0 Å². The average molecular weight is 244 g/mol. The number of carbonyl (C=O) groups is 1. The SMILES string of the molecule is Nc1ccc(OCc2ccncc2)c(C(=O)O)c1.